The lowest BCUT2D eigenvalue weighted by Crippen LogP contribution is -2.48. The zero-order valence-corrected chi connectivity index (χ0v) is 14.2. The van der Waals surface area contributed by atoms with Gasteiger partial charge < -0.3 is 14.5 Å². The Morgan fingerprint density at radius 2 is 2.04 bits per heavy atom. The minimum Gasteiger partial charge on any atom is -0.496 e. The van der Waals surface area contributed by atoms with Gasteiger partial charge in [-0.25, -0.2) is 4.98 Å². The van der Waals surface area contributed by atoms with E-state index in [1.165, 1.54) is 0 Å². The van der Waals surface area contributed by atoms with Crippen molar-refractivity contribution in [2.24, 2.45) is 0 Å². The van der Waals surface area contributed by atoms with Gasteiger partial charge in [0.15, 0.2) is 0 Å². The Kier molecular flexibility index (Phi) is 4.99. The van der Waals surface area contributed by atoms with Gasteiger partial charge in [0.2, 0.25) is 0 Å². The van der Waals surface area contributed by atoms with E-state index in [1.54, 1.807) is 7.11 Å². The zero-order valence-electron chi connectivity index (χ0n) is 14.2. The molecule has 0 spiro atoms. The Hall–Kier alpha value is -2.56. The lowest BCUT2D eigenvalue weighted by atomic mass is 10.0. The quantitative estimate of drug-likeness (QED) is 0.867. The summed E-state index contributed by atoms with van der Waals surface area (Å²) in [4.78, 5) is 21.4. The highest BCUT2D eigenvalue weighted by Crippen LogP contribution is 2.24. The average molecular weight is 325 g/mol. The van der Waals surface area contributed by atoms with Gasteiger partial charge in [-0.2, -0.15) is 0 Å². The van der Waals surface area contributed by atoms with E-state index in [0.29, 0.717) is 11.3 Å². The van der Waals surface area contributed by atoms with Crippen LogP contribution in [0.15, 0.2) is 48.7 Å². The van der Waals surface area contributed by atoms with E-state index in [9.17, 15) is 4.79 Å². The first-order valence-corrected chi connectivity index (χ1v) is 8.27. The molecule has 126 valence electrons. The Balaban J connectivity index is 1.74. The number of benzene rings is 1. The molecule has 1 aromatic carbocycles. The predicted molar refractivity (Wildman–Crippen MR) is 94.6 cm³/mol. The number of likely N-dealkylation sites (N-methyl/N-ethyl adjacent to an activating group) is 1. The second-order valence-electron chi connectivity index (χ2n) is 6.05. The van der Waals surface area contributed by atoms with Gasteiger partial charge in [0.25, 0.3) is 5.91 Å². The van der Waals surface area contributed by atoms with Crippen molar-refractivity contribution in [1.29, 1.82) is 0 Å². The van der Waals surface area contributed by atoms with Crippen LogP contribution in [0.5, 0.6) is 5.75 Å². The highest BCUT2D eigenvalue weighted by Gasteiger charge is 2.28. The van der Waals surface area contributed by atoms with Crippen molar-refractivity contribution in [3.05, 3.63) is 54.2 Å². The molecular formula is C19H23N3O2. The van der Waals surface area contributed by atoms with Gasteiger partial charge in [-0.15, -0.1) is 0 Å². The molecule has 1 aliphatic rings. The second-order valence-corrected chi connectivity index (χ2v) is 6.05. The van der Waals surface area contributed by atoms with Crippen molar-refractivity contribution in [3.8, 4) is 5.75 Å². The summed E-state index contributed by atoms with van der Waals surface area (Å²) in [5.41, 5.74) is 0.609. The van der Waals surface area contributed by atoms with Crippen molar-refractivity contribution in [2.75, 3.05) is 32.1 Å². The third-order valence-electron chi connectivity index (χ3n) is 4.58. The molecule has 5 nitrogen and oxygen atoms in total. The molecule has 2 heterocycles. The minimum absolute atomic E-state index is 0.000297. The Labute approximate surface area is 142 Å². The number of rotatable bonds is 4. The van der Waals surface area contributed by atoms with Crippen LogP contribution >= 0.6 is 0 Å². The number of piperidine rings is 1. The van der Waals surface area contributed by atoms with Crippen LogP contribution in [-0.2, 0) is 0 Å². The fourth-order valence-corrected chi connectivity index (χ4v) is 3.20. The number of nitrogens with zero attached hydrogens (tertiary/aromatic N) is 3. The molecule has 0 aliphatic carbocycles. The molecule has 1 amide bonds. The SMILES string of the molecule is COc1ccccc1C(=O)N(C)[C@@H]1CCCN(c2ccccn2)C1. The van der Waals surface area contributed by atoms with Crippen LogP contribution in [0.4, 0.5) is 5.82 Å². The maximum absolute atomic E-state index is 12.9. The summed E-state index contributed by atoms with van der Waals surface area (Å²) in [5, 5.41) is 0. The number of carbonyl (C=O) groups excluding carboxylic acids is 1. The number of hydrogen-bond acceptors (Lipinski definition) is 4. The summed E-state index contributed by atoms with van der Waals surface area (Å²) in [6.45, 7) is 1.78. The summed E-state index contributed by atoms with van der Waals surface area (Å²) in [7, 11) is 3.47. The maximum Gasteiger partial charge on any atom is 0.257 e. The number of ether oxygens (including phenoxy) is 1. The highest BCUT2D eigenvalue weighted by molar-refractivity contribution is 5.97. The van der Waals surface area contributed by atoms with Crippen LogP contribution in [0.2, 0.25) is 0 Å². The molecule has 2 aromatic rings. The third-order valence-corrected chi connectivity index (χ3v) is 4.58. The first-order chi connectivity index (χ1) is 11.7. The number of para-hydroxylation sites is 1. The van der Waals surface area contributed by atoms with Gasteiger partial charge in [0.1, 0.15) is 11.6 Å². The summed E-state index contributed by atoms with van der Waals surface area (Å²) in [6.07, 6.45) is 3.86. The molecule has 0 radical (unpaired) electrons. The monoisotopic (exact) mass is 325 g/mol. The predicted octanol–water partition coefficient (Wildman–Crippen LogP) is 2.83. The Bertz CT molecular complexity index is 690. The Morgan fingerprint density at radius 3 is 2.79 bits per heavy atom. The standard InChI is InChI=1S/C19H23N3O2/c1-21(19(23)16-9-3-4-10-17(16)24-2)15-8-7-13-22(14-15)18-11-5-6-12-20-18/h3-6,9-12,15H,7-8,13-14H2,1-2H3/t15-/m1/s1. The number of carbonyl (C=O) groups is 1. The van der Waals surface area contributed by atoms with E-state index >= 15 is 0 Å². The van der Waals surface area contributed by atoms with Crippen LogP contribution < -0.4 is 9.64 Å². The number of pyridine rings is 1. The van der Waals surface area contributed by atoms with Crippen LogP contribution in [0.25, 0.3) is 0 Å². The van der Waals surface area contributed by atoms with Gasteiger partial charge in [0.05, 0.1) is 12.7 Å². The Morgan fingerprint density at radius 1 is 1.25 bits per heavy atom. The molecule has 0 unspecified atom stereocenters. The minimum atomic E-state index is 0.000297. The van der Waals surface area contributed by atoms with Crippen molar-refractivity contribution in [3.63, 3.8) is 0 Å². The van der Waals surface area contributed by atoms with E-state index in [1.807, 2.05) is 60.6 Å². The normalized spacial score (nSPS) is 17.4. The third kappa shape index (κ3) is 3.35. The summed E-state index contributed by atoms with van der Waals surface area (Å²) in [5.74, 6) is 1.59. The molecule has 3 rings (SSSR count). The van der Waals surface area contributed by atoms with E-state index < -0.39 is 0 Å². The van der Waals surface area contributed by atoms with Gasteiger partial charge >= 0.3 is 0 Å². The van der Waals surface area contributed by atoms with E-state index in [-0.39, 0.29) is 11.9 Å². The highest BCUT2D eigenvalue weighted by atomic mass is 16.5. The molecule has 0 saturated carbocycles. The van der Waals surface area contributed by atoms with Crippen LogP contribution in [0, 0.1) is 0 Å². The lowest BCUT2D eigenvalue weighted by molar-refractivity contribution is 0.0714. The first-order valence-electron chi connectivity index (χ1n) is 8.27. The average Bonchev–Trinajstić information content (AvgIpc) is 2.67. The number of anilines is 1. The molecule has 0 bridgehead atoms. The van der Waals surface area contributed by atoms with E-state index in [2.05, 4.69) is 9.88 Å². The zero-order chi connectivity index (χ0) is 16.9. The van der Waals surface area contributed by atoms with Gasteiger partial charge in [-0.05, 0) is 37.1 Å². The van der Waals surface area contributed by atoms with Gasteiger partial charge in [-0.1, -0.05) is 18.2 Å². The molecule has 1 aromatic heterocycles. The molecule has 1 atom stereocenters. The topological polar surface area (TPSA) is 45.7 Å². The number of methoxy groups -OCH3 is 1. The summed E-state index contributed by atoms with van der Waals surface area (Å²) >= 11 is 0. The first kappa shape index (κ1) is 16.3. The van der Waals surface area contributed by atoms with E-state index in [4.69, 9.17) is 4.74 Å². The second kappa shape index (κ2) is 7.34. The lowest BCUT2D eigenvalue weighted by Gasteiger charge is -2.38. The van der Waals surface area contributed by atoms with Crippen LogP contribution in [0.3, 0.4) is 0 Å². The van der Waals surface area contributed by atoms with Crippen molar-refractivity contribution in [2.45, 2.75) is 18.9 Å². The fraction of sp³-hybridized carbons (Fsp3) is 0.368. The number of amides is 1. The molecule has 0 N–H and O–H groups in total. The molecule has 1 fully saturated rings. The molecule has 1 aliphatic heterocycles. The van der Waals surface area contributed by atoms with Gasteiger partial charge in [-0.3, -0.25) is 4.79 Å². The fourth-order valence-electron chi connectivity index (χ4n) is 3.20. The van der Waals surface area contributed by atoms with Crippen molar-refractivity contribution < 1.29 is 9.53 Å². The van der Waals surface area contributed by atoms with Gasteiger partial charge in [0, 0.05) is 32.4 Å². The maximum atomic E-state index is 12.9. The number of hydrogen-bond donors (Lipinski definition) is 0. The van der Waals surface area contributed by atoms with Crippen LogP contribution in [-0.4, -0.2) is 49.1 Å². The molecule has 5 heteroatoms. The van der Waals surface area contributed by atoms with Crippen LogP contribution in [0.1, 0.15) is 23.2 Å². The molecule has 1 saturated heterocycles. The van der Waals surface area contributed by atoms with Crippen molar-refractivity contribution in [1.82, 2.24) is 9.88 Å². The van der Waals surface area contributed by atoms with E-state index in [0.717, 1.165) is 31.7 Å². The summed E-state index contributed by atoms with van der Waals surface area (Å²) in [6, 6.07) is 13.5. The molecular weight excluding hydrogens is 302 g/mol. The van der Waals surface area contributed by atoms with Crippen molar-refractivity contribution >= 4 is 11.7 Å². The smallest absolute Gasteiger partial charge is 0.257 e. The largest absolute Gasteiger partial charge is 0.496 e. The summed E-state index contributed by atoms with van der Waals surface area (Å²) < 4.78 is 5.33. The number of aromatic nitrogens is 1. The molecule has 24 heavy (non-hydrogen) atoms.